The summed E-state index contributed by atoms with van der Waals surface area (Å²) in [6, 6.07) is 4.12. The molecule has 6 heterocycles. The standard InChI is InChI=1S/C23H24ClFN4O4.C20H31BrINO4Si/c1-2-27-11-13-9-15(28-7-4-8-28)18-16(20(30)21(31)19(23(27)33)29(13)18)22(32)26-10-12-5-3-6-14(24)17(12)25;1-8-9-14(24)17-19(26-5)18(25)15(22)16-13(21)10-12(23(16)17)11-27-28(6,7)20(2,3)4/h3,5-6,13,15,31H,2,4,7-11H2,1H3,(H,26,32);12-13H,8-11H2,1-7H3/t13-,15+;12-,13-/m00/s1. The number of benzene rings is 1. The molecule has 4 aliphatic heterocycles. The first-order chi connectivity index (χ1) is 28.7. The van der Waals surface area contributed by atoms with Crippen LogP contribution in [0, 0.1) is 9.39 Å². The summed E-state index contributed by atoms with van der Waals surface area (Å²) in [7, 11) is -0.468. The summed E-state index contributed by atoms with van der Waals surface area (Å²) < 4.78 is 30.5. The number of hydrogen-bond acceptors (Lipinski definition) is 9. The van der Waals surface area contributed by atoms with Gasteiger partial charge in [-0.1, -0.05) is 67.4 Å². The van der Waals surface area contributed by atoms with Gasteiger partial charge in [-0.3, -0.25) is 28.9 Å². The van der Waals surface area contributed by atoms with Gasteiger partial charge in [-0.05, 0) is 79.4 Å². The van der Waals surface area contributed by atoms with Crippen LogP contribution in [0.1, 0.15) is 138 Å². The molecule has 0 aliphatic carbocycles. The maximum absolute atomic E-state index is 14.3. The number of hydrogen-bond donors (Lipinski definition) is 2. The van der Waals surface area contributed by atoms with Crippen LogP contribution in [0.2, 0.25) is 23.2 Å². The number of ether oxygens (including phenoxy) is 1. The number of nitrogens with one attached hydrogen (secondary N) is 1. The Balaban J connectivity index is 0.000000207. The lowest BCUT2D eigenvalue weighted by Crippen LogP contribution is -2.44. The molecule has 1 fully saturated rings. The van der Waals surface area contributed by atoms with Crippen LogP contribution in [0.3, 0.4) is 0 Å². The van der Waals surface area contributed by atoms with Crippen molar-refractivity contribution in [3.63, 3.8) is 0 Å². The molecule has 4 aliphatic rings. The second-order valence-corrected chi connectivity index (χ2v) is 25.0. The van der Waals surface area contributed by atoms with Gasteiger partial charge in [0.2, 0.25) is 10.9 Å². The Morgan fingerprint density at radius 1 is 1.08 bits per heavy atom. The lowest BCUT2D eigenvalue weighted by Gasteiger charge is -2.37. The summed E-state index contributed by atoms with van der Waals surface area (Å²) in [5.74, 6) is -2.37. The molecule has 18 heteroatoms. The van der Waals surface area contributed by atoms with Crippen LogP contribution in [0.4, 0.5) is 4.39 Å². The molecule has 332 valence electrons. The fourth-order valence-corrected chi connectivity index (χ4v) is 11.8. The topological polar surface area (TPSA) is 152 Å². The molecule has 1 aromatic carbocycles. The summed E-state index contributed by atoms with van der Waals surface area (Å²) in [5, 5.41) is 13.4. The number of nitrogens with zero attached hydrogens (tertiary/aromatic N) is 4. The average molecular weight is 1060 g/mol. The summed E-state index contributed by atoms with van der Waals surface area (Å²) in [6.45, 7) is 17.9. The summed E-state index contributed by atoms with van der Waals surface area (Å²) in [4.78, 5) is 69.1. The van der Waals surface area contributed by atoms with Gasteiger partial charge in [-0.2, -0.15) is 0 Å². The van der Waals surface area contributed by atoms with Gasteiger partial charge in [-0.15, -0.1) is 0 Å². The molecule has 3 aromatic rings. The molecule has 2 aromatic heterocycles. The van der Waals surface area contributed by atoms with Gasteiger partial charge < -0.3 is 33.6 Å². The third kappa shape index (κ3) is 8.76. The molecular formula is C43H55BrClFIN5O8Si. The van der Waals surface area contributed by atoms with Crippen molar-refractivity contribution in [1.82, 2.24) is 24.3 Å². The van der Waals surface area contributed by atoms with E-state index >= 15 is 0 Å². The molecule has 0 bridgehead atoms. The van der Waals surface area contributed by atoms with E-state index in [4.69, 9.17) is 20.8 Å². The van der Waals surface area contributed by atoms with E-state index in [2.05, 4.69) is 82.6 Å². The second-order valence-electron chi connectivity index (χ2n) is 17.6. The minimum absolute atomic E-state index is 0.00711. The Labute approximate surface area is 383 Å². The zero-order chi connectivity index (χ0) is 44.9. The second kappa shape index (κ2) is 18.5. The number of likely N-dealkylation sites (N-methyl/N-ethyl adjacent to an activating group) is 1. The van der Waals surface area contributed by atoms with E-state index in [9.17, 15) is 33.5 Å². The number of amides is 2. The van der Waals surface area contributed by atoms with Crippen molar-refractivity contribution in [3.05, 3.63) is 87.0 Å². The molecule has 13 nitrogen and oxygen atoms in total. The van der Waals surface area contributed by atoms with Crippen molar-refractivity contribution >= 4 is 76.0 Å². The lowest BCUT2D eigenvalue weighted by atomic mass is 9.99. The van der Waals surface area contributed by atoms with E-state index in [1.807, 2.05) is 18.4 Å². The number of pyridine rings is 2. The summed E-state index contributed by atoms with van der Waals surface area (Å²) in [5.41, 5.74) is 0.600. The molecule has 2 N–H and O–H groups in total. The maximum atomic E-state index is 14.3. The van der Waals surface area contributed by atoms with Gasteiger partial charge in [0.05, 0.1) is 51.0 Å². The van der Waals surface area contributed by atoms with Gasteiger partial charge in [0, 0.05) is 50.4 Å². The molecular weight excluding hydrogens is 1000 g/mol. The number of carbonyl (C=O) groups is 3. The molecule has 61 heavy (non-hydrogen) atoms. The van der Waals surface area contributed by atoms with Gasteiger partial charge in [0.25, 0.3) is 11.8 Å². The average Bonchev–Trinajstić information content (AvgIpc) is 3.70. The first-order valence-electron chi connectivity index (χ1n) is 20.8. The third-order valence-corrected chi connectivity index (χ3v) is 19.4. The molecule has 4 atom stereocenters. The number of aromatic hydroxyl groups is 1. The minimum atomic E-state index is -1.93. The number of rotatable bonds is 12. The predicted molar refractivity (Wildman–Crippen MR) is 247 cm³/mol. The van der Waals surface area contributed by atoms with Gasteiger partial charge >= 0.3 is 0 Å². The molecule has 0 saturated carbocycles. The number of aromatic nitrogens is 2. The molecule has 2 amide bonds. The Morgan fingerprint density at radius 2 is 1.77 bits per heavy atom. The maximum Gasteiger partial charge on any atom is 0.274 e. The van der Waals surface area contributed by atoms with E-state index in [1.54, 1.807) is 15.5 Å². The normalized spacial score (nSPS) is 20.7. The summed E-state index contributed by atoms with van der Waals surface area (Å²) in [6.07, 6.45) is 3.55. The first kappa shape index (κ1) is 47.4. The van der Waals surface area contributed by atoms with Gasteiger partial charge in [0.15, 0.2) is 31.3 Å². The van der Waals surface area contributed by atoms with Crippen LogP contribution in [0.25, 0.3) is 0 Å². The van der Waals surface area contributed by atoms with Crippen molar-refractivity contribution < 1.29 is 33.0 Å². The monoisotopic (exact) mass is 1060 g/mol. The van der Waals surface area contributed by atoms with Crippen molar-refractivity contribution in [2.24, 2.45) is 0 Å². The molecule has 1 saturated heterocycles. The highest BCUT2D eigenvalue weighted by Gasteiger charge is 2.47. The number of carbonyl (C=O) groups excluding carboxylic acids is 3. The van der Waals surface area contributed by atoms with Crippen molar-refractivity contribution in [2.75, 3.05) is 39.9 Å². The smallest absolute Gasteiger partial charge is 0.274 e. The summed E-state index contributed by atoms with van der Waals surface area (Å²) >= 11 is 11.6. The number of Topliss-reactive ketones (excluding diaryl/α,β-unsaturated/α-hetero) is 1. The van der Waals surface area contributed by atoms with E-state index in [1.165, 1.54) is 19.2 Å². The first-order valence-corrected chi connectivity index (χ1v) is 26.1. The molecule has 0 radical (unpaired) electrons. The van der Waals surface area contributed by atoms with Crippen LogP contribution in [-0.4, -0.2) is 89.9 Å². The van der Waals surface area contributed by atoms with Gasteiger partial charge in [0.1, 0.15) is 17.1 Å². The largest absolute Gasteiger partial charge is 0.503 e. The minimum Gasteiger partial charge on any atom is -0.503 e. The number of ketones is 1. The highest BCUT2D eigenvalue weighted by Crippen LogP contribution is 2.47. The number of methoxy groups -OCH3 is 1. The Hall–Kier alpha value is -3.10. The van der Waals surface area contributed by atoms with Crippen molar-refractivity contribution in [1.29, 1.82) is 0 Å². The van der Waals surface area contributed by atoms with Crippen LogP contribution in [-0.2, 0) is 11.0 Å². The Morgan fingerprint density at radius 3 is 2.36 bits per heavy atom. The van der Waals surface area contributed by atoms with Crippen molar-refractivity contribution in [3.8, 4) is 11.5 Å². The van der Waals surface area contributed by atoms with Gasteiger partial charge in [-0.25, -0.2) is 4.39 Å². The molecule has 0 unspecified atom stereocenters. The van der Waals surface area contributed by atoms with E-state index < -0.39 is 37.1 Å². The van der Waals surface area contributed by atoms with Crippen LogP contribution in [0.5, 0.6) is 11.5 Å². The SMILES string of the molecule is CCCC(=O)c1c(OC)c(=O)c(I)c2n1[C@H](CO[Si](C)(C)C(C)(C)C)C[C@@H]2Br.CCN1C[C@@H]2C[C@@H](N3CCC3)c3c(C(=O)NCc4cccc(Cl)c4F)c(=O)c(O)c(n32)C1=O. The Kier molecular flexibility index (Phi) is 14.4. The fourth-order valence-electron chi connectivity index (χ4n) is 8.38. The van der Waals surface area contributed by atoms with E-state index in [0.717, 1.165) is 38.0 Å². The third-order valence-electron chi connectivity index (χ3n) is 12.8. The molecule has 7 rings (SSSR count). The Bertz CT molecular complexity index is 2370. The number of halogens is 4. The lowest BCUT2D eigenvalue weighted by molar-refractivity contribution is 0.0664. The zero-order valence-electron chi connectivity index (χ0n) is 35.9. The highest BCUT2D eigenvalue weighted by molar-refractivity contribution is 14.1. The van der Waals surface area contributed by atoms with Crippen LogP contribution < -0.4 is 20.9 Å². The quantitative estimate of drug-likeness (QED) is 0.0790. The highest BCUT2D eigenvalue weighted by atomic mass is 127. The zero-order valence-corrected chi connectivity index (χ0v) is 41.4. The fraction of sp³-hybridized carbons (Fsp3) is 0.558. The van der Waals surface area contributed by atoms with E-state index in [-0.39, 0.29) is 73.3 Å². The number of alkyl halides is 1. The van der Waals surface area contributed by atoms with Crippen LogP contribution >= 0.6 is 50.1 Å². The number of likely N-dealkylation sites (tertiary alicyclic amines) is 1. The number of fused-ring (bicyclic) bond motifs is 1. The van der Waals surface area contributed by atoms with E-state index in [0.29, 0.717) is 47.5 Å². The predicted octanol–water partition coefficient (Wildman–Crippen LogP) is 8.29. The van der Waals surface area contributed by atoms with Crippen molar-refractivity contribution in [2.45, 2.75) is 114 Å². The molecule has 0 spiro atoms. The van der Waals surface area contributed by atoms with Crippen LogP contribution in [0.15, 0.2) is 27.8 Å².